The first-order valence-corrected chi connectivity index (χ1v) is 18.2. The van der Waals surface area contributed by atoms with E-state index in [1.54, 1.807) is 6.07 Å². The van der Waals surface area contributed by atoms with E-state index in [4.69, 9.17) is 14.1 Å². The summed E-state index contributed by atoms with van der Waals surface area (Å²) in [5.74, 6) is 2.08. The summed E-state index contributed by atoms with van der Waals surface area (Å²) >= 11 is 0. The van der Waals surface area contributed by atoms with E-state index in [-0.39, 0.29) is 34.5 Å². The number of hydrogen-bond donors (Lipinski definition) is 2. The normalized spacial score (nSPS) is 29.8. The summed E-state index contributed by atoms with van der Waals surface area (Å²) in [7, 11) is -1.89. The van der Waals surface area contributed by atoms with Gasteiger partial charge in [0.05, 0.1) is 12.7 Å². The van der Waals surface area contributed by atoms with E-state index in [1.807, 2.05) is 6.07 Å². The molecule has 44 heavy (non-hydrogen) atoms. The predicted octanol–water partition coefficient (Wildman–Crippen LogP) is 6.94. The molecule has 8 heteroatoms. The SMILES string of the molecule is CC(C)N(C)CCCCCCCOc1ccc([C@H]2C[C@@]3(C)[C@@H](CC[C@@H]3O)[C@]3(C)CCc4cc(OS(N)(=O)=O)ccc4[C@@H]23)cc1. The molecule has 0 unspecified atom stereocenters. The van der Waals surface area contributed by atoms with Crippen molar-refractivity contribution in [2.75, 3.05) is 20.2 Å². The van der Waals surface area contributed by atoms with Gasteiger partial charge in [-0.3, -0.25) is 0 Å². The van der Waals surface area contributed by atoms with E-state index in [0.29, 0.717) is 12.0 Å². The predicted molar refractivity (Wildman–Crippen MR) is 176 cm³/mol. The molecule has 0 aliphatic heterocycles. The minimum atomic E-state index is -4.08. The number of rotatable bonds is 13. The summed E-state index contributed by atoms with van der Waals surface area (Å²) in [6.45, 7) is 11.1. The fraction of sp³-hybridized carbons (Fsp3) is 0.667. The number of aliphatic hydroxyl groups is 1. The molecule has 3 aliphatic carbocycles. The van der Waals surface area contributed by atoms with Gasteiger partial charge in [-0.1, -0.05) is 51.3 Å². The molecule has 0 heterocycles. The number of nitrogens with two attached hydrogens (primary N) is 1. The minimum Gasteiger partial charge on any atom is -0.494 e. The van der Waals surface area contributed by atoms with Crippen LogP contribution in [-0.4, -0.2) is 50.8 Å². The van der Waals surface area contributed by atoms with Gasteiger partial charge >= 0.3 is 10.3 Å². The Hall–Kier alpha value is -2.13. The molecule has 0 spiro atoms. The molecule has 0 bridgehead atoms. The Kier molecular flexibility index (Phi) is 10.1. The van der Waals surface area contributed by atoms with Crippen molar-refractivity contribution < 1.29 is 22.4 Å². The Labute approximate surface area is 265 Å². The van der Waals surface area contributed by atoms with Crippen LogP contribution in [0, 0.1) is 16.7 Å². The van der Waals surface area contributed by atoms with Crippen LogP contribution in [0.2, 0.25) is 0 Å². The third kappa shape index (κ3) is 6.98. The average Bonchev–Trinajstić information content (AvgIpc) is 3.27. The highest BCUT2D eigenvalue weighted by Crippen LogP contribution is 2.70. The zero-order valence-electron chi connectivity index (χ0n) is 27.4. The van der Waals surface area contributed by atoms with Crippen molar-refractivity contribution >= 4 is 10.3 Å². The molecule has 2 fully saturated rings. The summed E-state index contributed by atoms with van der Waals surface area (Å²) < 4.78 is 34.4. The molecular formula is C36H54N2O5S. The highest BCUT2D eigenvalue weighted by molar-refractivity contribution is 7.84. The topological polar surface area (TPSA) is 102 Å². The van der Waals surface area contributed by atoms with Gasteiger partial charge in [0, 0.05) is 6.04 Å². The van der Waals surface area contributed by atoms with Crippen LogP contribution in [0.4, 0.5) is 0 Å². The molecule has 3 N–H and O–H groups in total. The fourth-order valence-electron chi connectivity index (χ4n) is 9.00. The van der Waals surface area contributed by atoms with Gasteiger partial charge in [-0.15, -0.1) is 0 Å². The maximum atomic E-state index is 11.6. The number of fused-ring (bicyclic) bond motifs is 5. The van der Waals surface area contributed by atoms with Crippen molar-refractivity contribution in [1.29, 1.82) is 0 Å². The second-order valence-electron chi connectivity index (χ2n) is 14.6. The zero-order chi connectivity index (χ0) is 31.7. The third-order valence-electron chi connectivity index (χ3n) is 11.6. The molecule has 0 radical (unpaired) electrons. The highest BCUT2D eigenvalue weighted by atomic mass is 32.2. The molecule has 0 saturated heterocycles. The molecular weight excluding hydrogens is 572 g/mol. The maximum absolute atomic E-state index is 11.6. The van der Waals surface area contributed by atoms with E-state index >= 15 is 0 Å². The van der Waals surface area contributed by atoms with Crippen LogP contribution in [0.3, 0.4) is 0 Å². The molecule has 0 aromatic heterocycles. The van der Waals surface area contributed by atoms with Gasteiger partial charge in [0.1, 0.15) is 11.5 Å². The first kappa shape index (κ1) is 33.2. The van der Waals surface area contributed by atoms with Gasteiger partial charge in [0.15, 0.2) is 0 Å². The number of unbranched alkanes of at least 4 members (excludes halogenated alkanes) is 4. The van der Waals surface area contributed by atoms with E-state index < -0.39 is 10.3 Å². The summed E-state index contributed by atoms with van der Waals surface area (Å²) in [6, 6.07) is 14.9. The molecule has 6 atom stereocenters. The van der Waals surface area contributed by atoms with Gasteiger partial charge in [0.2, 0.25) is 0 Å². The monoisotopic (exact) mass is 626 g/mol. The van der Waals surface area contributed by atoms with Crippen LogP contribution in [0.5, 0.6) is 11.5 Å². The quantitative estimate of drug-likeness (QED) is 0.234. The number of benzene rings is 2. The van der Waals surface area contributed by atoms with Crippen molar-refractivity contribution in [3.63, 3.8) is 0 Å². The lowest BCUT2D eigenvalue weighted by molar-refractivity contribution is -0.0768. The van der Waals surface area contributed by atoms with Crippen LogP contribution in [-0.2, 0) is 16.7 Å². The lowest BCUT2D eigenvalue weighted by Gasteiger charge is -2.60. The van der Waals surface area contributed by atoms with Crippen molar-refractivity contribution in [1.82, 2.24) is 4.90 Å². The van der Waals surface area contributed by atoms with Gasteiger partial charge in [0.25, 0.3) is 0 Å². The Morgan fingerprint density at radius 2 is 1.66 bits per heavy atom. The summed E-state index contributed by atoms with van der Waals surface area (Å²) in [6.07, 6.45) is 10.4. The van der Waals surface area contributed by atoms with Crippen LogP contribution in [0.25, 0.3) is 0 Å². The molecule has 0 amide bonds. The number of hydrogen-bond acceptors (Lipinski definition) is 6. The Balaban J connectivity index is 1.28. The smallest absolute Gasteiger partial charge is 0.380 e. The molecule has 244 valence electrons. The first-order chi connectivity index (χ1) is 20.8. The fourth-order valence-corrected chi connectivity index (χ4v) is 9.37. The van der Waals surface area contributed by atoms with Gasteiger partial charge in [-0.05, 0) is 142 Å². The lowest BCUT2D eigenvalue weighted by Crippen LogP contribution is -2.52. The van der Waals surface area contributed by atoms with Gasteiger partial charge in [-0.25, -0.2) is 0 Å². The van der Waals surface area contributed by atoms with Gasteiger partial charge < -0.3 is 18.9 Å². The van der Waals surface area contributed by atoms with Crippen LogP contribution in [0.15, 0.2) is 42.5 Å². The average molecular weight is 627 g/mol. The maximum Gasteiger partial charge on any atom is 0.380 e. The van der Waals surface area contributed by atoms with Crippen molar-refractivity contribution in [3.05, 3.63) is 59.2 Å². The Morgan fingerprint density at radius 1 is 0.977 bits per heavy atom. The second-order valence-corrected chi connectivity index (χ2v) is 15.8. The van der Waals surface area contributed by atoms with E-state index in [9.17, 15) is 13.5 Å². The van der Waals surface area contributed by atoms with E-state index in [2.05, 4.69) is 70.0 Å². The Bertz CT molecular complexity index is 1380. The molecule has 3 aliphatic rings. The highest BCUT2D eigenvalue weighted by Gasteiger charge is 2.62. The summed E-state index contributed by atoms with van der Waals surface area (Å²) in [4.78, 5) is 2.41. The van der Waals surface area contributed by atoms with Gasteiger partial charge in [-0.2, -0.15) is 13.6 Å². The van der Waals surface area contributed by atoms with Crippen LogP contribution >= 0.6 is 0 Å². The molecule has 2 aromatic rings. The second kappa shape index (κ2) is 13.3. The van der Waals surface area contributed by atoms with Crippen LogP contribution in [0.1, 0.15) is 114 Å². The molecule has 2 aromatic carbocycles. The zero-order valence-corrected chi connectivity index (χ0v) is 28.2. The lowest BCUT2D eigenvalue weighted by atomic mass is 9.44. The van der Waals surface area contributed by atoms with Crippen LogP contribution < -0.4 is 14.1 Å². The summed E-state index contributed by atoms with van der Waals surface area (Å²) in [5, 5.41) is 16.4. The number of ether oxygens (including phenoxy) is 1. The van der Waals surface area contributed by atoms with Crippen molar-refractivity contribution in [2.45, 2.75) is 116 Å². The standard InChI is InChI=1S/C36H54N2O5S/c1-25(2)38(5)21-9-7-6-8-10-22-42-28-13-11-26(12-14-28)31-24-36(4)32(17-18-33(36)39)35(3)20-19-27-23-29(43-44(37,40)41)15-16-30(27)34(31)35/h11-16,23,25,31-34,39H,6-10,17-22,24H2,1-5H3,(H2,37,40,41)/t31-,32+,33+,34+,35+,36+/m1/s1. The van der Waals surface area contributed by atoms with E-state index in [0.717, 1.165) is 56.4 Å². The number of aliphatic hydroxyl groups excluding tert-OH is 1. The Morgan fingerprint density at radius 3 is 2.36 bits per heavy atom. The molecule has 7 nitrogen and oxygen atoms in total. The van der Waals surface area contributed by atoms with Crippen molar-refractivity contribution in [3.8, 4) is 11.5 Å². The van der Waals surface area contributed by atoms with E-state index in [1.165, 1.54) is 43.4 Å². The number of aryl methyl sites for hydroxylation is 1. The number of nitrogens with zero attached hydrogens (tertiary/aromatic N) is 1. The first-order valence-electron chi connectivity index (χ1n) is 16.8. The largest absolute Gasteiger partial charge is 0.494 e. The molecule has 5 rings (SSSR count). The molecule has 2 saturated carbocycles. The minimum absolute atomic E-state index is 0.0177. The third-order valence-corrected chi connectivity index (χ3v) is 12.0. The van der Waals surface area contributed by atoms with Crippen molar-refractivity contribution in [2.24, 2.45) is 21.9 Å². The summed E-state index contributed by atoms with van der Waals surface area (Å²) in [5.41, 5.74) is 3.56.